The molecule has 6 nitrogen and oxygen atoms in total. The summed E-state index contributed by atoms with van der Waals surface area (Å²) in [4.78, 5) is 37.9. The molecule has 0 N–H and O–H groups in total. The summed E-state index contributed by atoms with van der Waals surface area (Å²) in [6.07, 6.45) is 46.8. The van der Waals surface area contributed by atoms with Crippen LogP contribution < -0.4 is 0 Å². The van der Waals surface area contributed by atoms with Gasteiger partial charge in [-0.3, -0.25) is 14.4 Å². The summed E-state index contributed by atoms with van der Waals surface area (Å²) < 4.78 is 16.8. The van der Waals surface area contributed by atoms with E-state index < -0.39 is 6.10 Å². The predicted molar refractivity (Wildman–Crippen MR) is 261 cm³/mol. The number of hydrogen-bond acceptors (Lipinski definition) is 6. The smallest absolute Gasteiger partial charge is 0.306 e. The van der Waals surface area contributed by atoms with Crippen molar-refractivity contribution in [2.24, 2.45) is 17.8 Å². The SMILES string of the molecule is CCC(C)CCCCCCCCCCCCCCCCCCCCC(=O)O[C@H](COC(=O)CCCCCCCCCCCC(C)C)COC(=O)CCCCCCCCC(C)C. The zero-order chi connectivity index (χ0) is 44.9. The van der Waals surface area contributed by atoms with Crippen molar-refractivity contribution in [2.45, 2.75) is 304 Å². The highest BCUT2D eigenvalue weighted by atomic mass is 16.6. The van der Waals surface area contributed by atoms with Gasteiger partial charge in [0.15, 0.2) is 6.10 Å². The zero-order valence-electron chi connectivity index (χ0n) is 42.0. The van der Waals surface area contributed by atoms with Crippen molar-refractivity contribution in [3.8, 4) is 0 Å². The quantitative estimate of drug-likeness (QED) is 0.0344. The highest BCUT2D eigenvalue weighted by molar-refractivity contribution is 5.71. The van der Waals surface area contributed by atoms with Crippen molar-refractivity contribution in [1.29, 1.82) is 0 Å². The van der Waals surface area contributed by atoms with Crippen LogP contribution in [0.5, 0.6) is 0 Å². The minimum absolute atomic E-state index is 0.0656. The van der Waals surface area contributed by atoms with E-state index in [9.17, 15) is 14.4 Å². The molecule has 0 aromatic rings. The molecule has 0 heterocycles. The van der Waals surface area contributed by atoms with Crippen molar-refractivity contribution in [3.05, 3.63) is 0 Å². The normalized spacial score (nSPS) is 12.6. The van der Waals surface area contributed by atoms with Crippen LogP contribution in [-0.4, -0.2) is 37.2 Å². The number of unbranched alkanes of at least 4 members (excludes halogenated alkanes) is 30. The Hall–Kier alpha value is -1.59. The molecule has 0 saturated heterocycles. The first-order valence-corrected chi connectivity index (χ1v) is 27.1. The number of carbonyl (C=O) groups is 3. The second kappa shape index (κ2) is 46.4. The summed E-state index contributed by atoms with van der Waals surface area (Å²) >= 11 is 0. The molecular weight excluding hydrogens is 757 g/mol. The largest absolute Gasteiger partial charge is 0.462 e. The van der Waals surface area contributed by atoms with Gasteiger partial charge < -0.3 is 14.2 Å². The maximum atomic E-state index is 12.8. The number of esters is 3. The van der Waals surface area contributed by atoms with Crippen molar-refractivity contribution >= 4 is 17.9 Å². The molecule has 362 valence electrons. The fourth-order valence-corrected chi connectivity index (χ4v) is 8.26. The topological polar surface area (TPSA) is 78.9 Å². The lowest BCUT2D eigenvalue weighted by atomic mass is 9.99. The van der Waals surface area contributed by atoms with Gasteiger partial charge in [-0.15, -0.1) is 0 Å². The maximum Gasteiger partial charge on any atom is 0.306 e. The van der Waals surface area contributed by atoms with Gasteiger partial charge in [0.2, 0.25) is 0 Å². The van der Waals surface area contributed by atoms with Crippen molar-refractivity contribution in [1.82, 2.24) is 0 Å². The van der Waals surface area contributed by atoms with Crippen LogP contribution in [0.1, 0.15) is 298 Å². The fourth-order valence-electron chi connectivity index (χ4n) is 8.26. The molecule has 61 heavy (non-hydrogen) atoms. The number of hydrogen-bond donors (Lipinski definition) is 0. The molecule has 0 amide bonds. The Morgan fingerprint density at radius 3 is 0.852 bits per heavy atom. The van der Waals surface area contributed by atoms with Gasteiger partial charge in [0.25, 0.3) is 0 Å². The van der Waals surface area contributed by atoms with E-state index in [1.165, 1.54) is 180 Å². The van der Waals surface area contributed by atoms with Crippen LogP contribution in [0.4, 0.5) is 0 Å². The predicted octanol–water partition coefficient (Wildman–Crippen LogP) is 17.6. The lowest BCUT2D eigenvalue weighted by molar-refractivity contribution is -0.167. The maximum absolute atomic E-state index is 12.8. The molecule has 0 radical (unpaired) electrons. The van der Waals surface area contributed by atoms with Gasteiger partial charge in [-0.25, -0.2) is 0 Å². The van der Waals surface area contributed by atoms with E-state index in [0.29, 0.717) is 19.3 Å². The third-order valence-corrected chi connectivity index (χ3v) is 12.8. The van der Waals surface area contributed by atoms with Gasteiger partial charge in [0.05, 0.1) is 0 Å². The molecule has 0 aromatic carbocycles. The summed E-state index contributed by atoms with van der Waals surface area (Å²) in [6, 6.07) is 0. The summed E-state index contributed by atoms with van der Waals surface area (Å²) in [5.41, 5.74) is 0. The summed E-state index contributed by atoms with van der Waals surface area (Å²) in [5, 5.41) is 0. The lowest BCUT2D eigenvalue weighted by Gasteiger charge is -2.18. The second-order valence-electron chi connectivity index (χ2n) is 20.1. The zero-order valence-corrected chi connectivity index (χ0v) is 42.0. The highest BCUT2D eigenvalue weighted by Gasteiger charge is 2.19. The summed E-state index contributed by atoms with van der Waals surface area (Å²) in [7, 11) is 0. The highest BCUT2D eigenvalue weighted by Crippen LogP contribution is 2.18. The summed E-state index contributed by atoms with van der Waals surface area (Å²) in [6.45, 7) is 13.7. The first kappa shape index (κ1) is 59.4. The Kier molecular flexibility index (Phi) is 45.2. The molecule has 0 fully saturated rings. The third-order valence-electron chi connectivity index (χ3n) is 12.8. The molecule has 0 bridgehead atoms. The second-order valence-corrected chi connectivity index (χ2v) is 20.1. The Balaban J connectivity index is 4.19. The number of ether oxygens (including phenoxy) is 3. The van der Waals surface area contributed by atoms with Crippen LogP contribution in [-0.2, 0) is 28.6 Å². The van der Waals surface area contributed by atoms with E-state index in [1.54, 1.807) is 0 Å². The molecule has 0 aliphatic heterocycles. The third kappa shape index (κ3) is 47.7. The van der Waals surface area contributed by atoms with Crippen LogP contribution in [0, 0.1) is 17.8 Å². The van der Waals surface area contributed by atoms with Crippen LogP contribution in [0.2, 0.25) is 0 Å². The van der Waals surface area contributed by atoms with E-state index >= 15 is 0 Å². The first-order chi connectivity index (χ1) is 29.6. The monoisotopic (exact) mass is 863 g/mol. The molecule has 0 aliphatic carbocycles. The van der Waals surface area contributed by atoms with Gasteiger partial charge in [-0.1, -0.05) is 260 Å². The molecule has 0 aliphatic rings. The van der Waals surface area contributed by atoms with Crippen LogP contribution in [0.15, 0.2) is 0 Å². The summed E-state index contributed by atoms with van der Waals surface area (Å²) in [5.74, 6) is 1.62. The van der Waals surface area contributed by atoms with Gasteiger partial charge in [-0.2, -0.15) is 0 Å². The molecular formula is C55H106O6. The number of carbonyl (C=O) groups excluding carboxylic acids is 3. The minimum atomic E-state index is -0.763. The minimum Gasteiger partial charge on any atom is -0.462 e. The first-order valence-electron chi connectivity index (χ1n) is 27.1. The van der Waals surface area contributed by atoms with Gasteiger partial charge >= 0.3 is 17.9 Å². The Morgan fingerprint density at radius 2 is 0.574 bits per heavy atom. The molecule has 0 rings (SSSR count). The molecule has 0 aromatic heterocycles. The van der Waals surface area contributed by atoms with Gasteiger partial charge in [0, 0.05) is 19.3 Å². The van der Waals surface area contributed by atoms with Gasteiger partial charge in [-0.05, 0) is 37.0 Å². The van der Waals surface area contributed by atoms with E-state index in [0.717, 1.165) is 75.5 Å². The van der Waals surface area contributed by atoms with Crippen molar-refractivity contribution < 1.29 is 28.6 Å². The Labute approximate surface area is 380 Å². The van der Waals surface area contributed by atoms with E-state index in [4.69, 9.17) is 14.2 Å². The van der Waals surface area contributed by atoms with E-state index in [2.05, 4.69) is 41.5 Å². The van der Waals surface area contributed by atoms with Crippen molar-refractivity contribution in [3.63, 3.8) is 0 Å². The molecule has 0 saturated carbocycles. The number of rotatable bonds is 48. The molecule has 1 unspecified atom stereocenters. The Bertz CT molecular complexity index is 947. The lowest BCUT2D eigenvalue weighted by Crippen LogP contribution is -2.30. The molecule has 0 spiro atoms. The fraction of sp³-hybridized carbons (Fsp3) is 0.945. The Morgan fingerprint density at radius 1 is 0.328 bits per heavy atom. The van der Waals surface area contributed by atoms with Crippen LogP contribution in [0.25, 0.3) is 0 Å². The van der Waals surface area contributed by atoms with E-state index in [-0.39, 0.29) is 31.1 Å². The van der Waals surface area contributed by atoms with Crippen molar-refractivity contribution in [2.75, 3.05) is 13.2 Å². The average molecular weight is 863 g/mol. The van der Waals surface area contributed by atoms with Crippen LogP contribution in [0.3, 0.4) is 0 Å². The average Bonchev–Trinajstić information content (AvgIpc) is 3.23. The molecule has 2 atom stereocenters. The van der Waals surface area contributed by atoms with Gasteiger partial charge in [0.1, 0.15) is 13.2 Å². The van der Waals surface area contributed by atoms with Crippen LogP contribution >= 0.6 is 0 Å². The standard InChI is InChI=1S/C55H106O6/c1-7-51(6)43-37-31-24-20-16-14-12-10-8-9-11-13-15-17-21-26-34-40-46-55(58)61-52(48-60-54(57)45-39-33-28-27-30-36-42-50(4)5)47-59-53(56)44-38-32-25-22-18-19-23-29-35-41-49(2)3/h49-52H,7-48H2,1-6H3/t51?,52-/m1/s1. The van der Waals surface area contributed by atoms with E-state index in [1.807, 2.05) is 0 Å². The molecule has 6 heteroatoms.